The molecule has 2 heterocycles. The van der Waals surface area contributed by atoms with Gasteiger partial charge in [-0.3, -0.25) is 5.32 Å². The van der Waals surface area contributed by atoms with E-state index in [1.54, 1.807) is 23.1 Å². The van der Waals surface area contributed by atoms with Gasteiger partial charge >= 0.3 is 6.03 Å². The van der Waals surface area contributed by atoms with Crippen molar-refractivity contribution >= 4 is 22.8 Å². The average Bonchev–Trinajstić information content (AvgIpc) is 2.74. The molecule has 134 valence electrons. The second-order valence-corrected chi connectivity index (χ2v) is 6.36. The number of nitrogens with zero attached hydrogens (tertiary/aromatic N) is 3. The summed E-state index contributed by atoms with van der Waals surface area (Å²) in [6.07, 6.45) is -0.207. The van der Waals surface area contributed by atoms with Crippen LogP contribution in [-0.2, 0) is 4.74 Å². The van der Waals surface area contributed by atoms with Gasteiger partial charge in [-0.2, -0.15) is 5.26 Å². The van der Waals surface area contributed by atoms with Crippen LogP contribution in [0.3, 0.4) is 0 Å². The Morgan fingerprint density at radius 1 is 1.15 bits per heavy atom. The molecule has 6 heteroatoms. The van der Waals surface area contributed by atoms with Gasteiger partial charge in [0, 0.05) is 11.9 Å². The number of para-hydroxylation sites is 1. The second-order valence-electron chi connectivity index (χ2n) is 6.36. The highest BCUT2D eigenvalue weighted by atomic mass is 16.5. The lowest BCUT2D eigenvalue weighted by Crippen LogP contribution is -2.44. The standard InChI is InChI=1S/C21H18N4O2/c22-13-15-5-7-17(8-6-15)19-14-25(11-12-27-19)21(26)24-20-10-9-16-3-1-2-4-18(16)23-20/h1-10,19H,11-12,14H2,(H,23,24,26). The van der Waals surface area contributed by atoms with Crippen LogP contribution in [0, 0.1) is 11.3 Å². The van der Waals surface area contributed by atoms with Gasteiger partial charge in [0.05, 0.1) is 30.3 Å². The summed E-state index contributed by atoms with van der Waals surface area (Å²) in [5.41, 5.74) is 2.40. The third-order valence-electron chi connectivity index (χ3n) is 4.60. The SMILES string of the molecule is N#Cc1ccc(C2CN(C(=O)Nc3ccc4ccccc4n3)CCO2)cc1. The molecule has 6 nitrogen and oxygen atoms in total. The van der Waals surface area contributed by atoms with Crippen molar-refractivity contribution in [2.24, 2.45) is 0 Å². The summed E-state index contributed by atoms with van der Waals surface area (Å²) in [5, 5.41) is 12.8. The number of morpholine rings is 1. The van der Waals surface area contributed by atoms with E-state index in [9.17, 15) is 4.79 Å². The zero-order valence-electron chi connectivity index (χ0n) is 14.6. The van der Waals surface area contributed by atoms with Crippen LogP contribution in [0.1, 0.15) is 17.2 Å². The molecule has 4 rings (SSSR count). The van der Waals surface area contributed by atoms with Gasteiger partial charge in [0.2, 0.25) is 0 Å². The van der Waals surface area contributed by atoms with E-state index in [0.717, 1.165) is 16.5 Å². The lowest BCUT2D eigenvalue weighted by atomic mass is 10.1. The largest absolute Gasteiger partial charge is 0.370 e. The molecule has 0 radical (unpaired) electrons. The van der Waals surface area contributed by atoms with E-state index < -0.39 is 0 Å². The van der Waals surface area contributed by atoms with Crippen LogP contribution in [0.5, 0.6) is 0 Å². The van der Waals surface area contributed by atoms with Crippen LogP contribution >= 0.6 is 0 Å². The fourth-order valence-electron chi connectivity index (χ4n) is 3.13. The first-order chi connectivity index (χ1) is 13.2. The molecule has 27 heavy (non-hydrogen) atoms. The zero-order chi connectivity index (χ0) is 18.6. The van der Waals surface area contributed by atoms with Crippen molar-refractivity contribution in [1.82, 2.24) is 9.88 Å². The summed E-state index contributed by atoms with van der Waals surface area (Å²) in [7, 11) is 0. The molecule has 1 N–H and O–H groups in total. The minimum absolute atomic E-state index is 0.195. The molecule has 0 aliphatic carbocycles. The molecule has 2 aromatic carbocycles. The van der Waals surface area contributed by atoms with E-state index >= 15 is 0 Å². The Hall–Kier alpha value is -3.43. The lowest BCUT2D eigenvalue weighted by Gasteiger charge is -2.33. The summed E-state index contributed by atoms with van der Waals surface area (Å²) in [6.45, 7) is 1.43. The Morgan fingerprint density at radius 3 is 2.78 bits per heavy atom. The number of pyridine rings is 1. The number of carbonyl (C=O) groups is 1. The van der Waals surface area contributed by atoms with E-state index in [-0.39, 0.29) is 12.1 Å². The third-order valence-corrected chi connectivity index (χ3v) is 4.60. The summed E-state index contributed by atoms with van der Waals surface area (Å²) in [4.78, 5) is 18.9. The molecule has 1 aromatic heterocycles. The van der Waals surface area contributed by atoms with Crippen molar-refractivity contribution in [3.8, 4) is 6.07 Å². The molecule has 3 aromatic rings. The summed E-state index contributed by atoms with van der Waals surface area (Å²) >= 11 is 0. The number of fused-ring (bicyclic) bond motifs is 1. The first-order valence-corrected chi connectivity index (χ1v) is 8.76. The normalized spacial score (nSPS) is 16.7. The Labute approximate surface area is 157 Å². The van der Waals surface area contributed by atoms with Crippen molar-refractivity contribution in [1.29, 1.82) is 5.26 Å². The number of urea groups is 1. The first-order valence-electron chi connectivity index (χ1n) is 8.76. The van der Waals surface area contributed by atoms with Gasteiger partial charge in [-0.15, -0.1) is 0 Å². The summed E-state index contributed by atoms with van der Waals surface area (Å²) < 4.78 is 5.81. The average molecular weight is 358 g/mol. The van der Waals surface area contributed by atoms with Crippen molar-refractivity contribution in [2.45, 2.75) is 6.10 Å². The Bertz CT molecular complexity index is 1010. The Balaban J connectivity index is 1.45. The fraction of sp³-hybridized carbons (Fsp3) is 0.190. The number of nitriles is 1. The van der Waals surface area contributed by atoms with Gasteiger partial charge in [-0.05, 0) is 35.9 Å². The fourth-order valence-corrected chi connectivity index (χ4v) is 3.13. The van der Waals surface area contributed by atoms with E-state index in [0.29, 0.717) is 31.1 Å². The minimum atomic E-state index is -0.207. The van der Waals surface area contributed by atoms with Gasteiger partial charge in [0.15, 0.2) is 0 Å². The maximum absolute atomic E-state index is 12.7. The smallest absolute Gasteiger partial charge is 0.323 e. The second kappa shape index (κ2) is 7.44. The number of hydrogen-bond acceptors (Lipinski definition) is 4. The van der Waals surface area contributed by atoms with E-state index in [1.807, 2.05) is 42.5 Å². The van der Waals surface area contributed by atoms with Crippen molar-refractivity contribution in [3.63, 3.8) is 0 Å². The van der Waals surface area contributed by atoms with Crippen molar-refractivity contribution < 1.29 is 9.53 Å². The number of amides is 2. The predicted molar refractivity (Wildman–Crippen MR) is 102 cm³/mol. The molecule has 2 amide bonds. The Kier molecular flexibility index (Phi) is 4.69. The van der Waals surface area contributed by atoms with Crippen LogP contribution in [-0.4, -0.2) is 35.6 Å². The summed E-state index contributed by atoms with van der Waals surface area (Å²) in [6, 6.07) is 20.7. The van der Waals surface area contributed by atoms with E-state index in [2.05, 4.69) is 16.4 Å². The van der Waals surface area contributed by atoms with Crippen LogP contribution in [0.2, 0.25) is 0 Å². The molecule has 0 bridgehead atoms. The van der Waals surface area contributed by atoms with Gasteiger partial charge in [-0.25, -0.2) is 9.78 Å². The highest BCUT2D eigenvalue weighted by Crippen LogP contribution is 2.23. The van der Waals surface area contributed by atoms with Crippen LogP contribution in [0.4, 0.5) is 10.6 Å². The number of ether oxygens (including phenoxy) is 1. The minimum Gasteiger partial charge on any atom is -0.370 e. The van der Waals surface area contributed by atoms with Gasteiger partial charge < -0.3 is 9.64 Å². The number of hydrogen-bond donors (Lipinski definition) is 1. The number of nitrogens with one attached hydrogen (secondary N) is 1. The van der Waals surface area contributed by atoms with Gasteiger partial charge in [-0.1, -0.05) is 30.3 Å². The van der Waals surface area contributed by atoms with Gasteiger partial charge in [0.1, 0.15) is 11.9 Å². The topological polar surface area (TPSA) is 78.3 Å². The van der Waals surface area contributed by atoms with Crippen molar-refractivity contribution in [2.75, 3.05) is 25.0 Å². The van der Waals surface area contributed by atoms with E-state index in [4.69, 9.17) is 10.00 Å². The molecule has 1 fully saturated rings. The number of carbonyl (C=O) groups excluding carboxylic acids is 1. The molecule has 1 unspecified atom stereocenters. The van der Waals surface area contributed by atoms with Crippen molar-refractivity contribution in [3.05, 3.63) is 71.8 Å². The predicted octanol–water partition coefficient (Wildman–Crippen LogP) is 3.71. The maximum atomic E-state index is 12.7. The molecule has 1 aliphatic heterocycles. The van der Waals surface area contributed by atoms with Crippen LogP contribution in [0.15, 0.2) is 60.7 Å². The molecular formula is C21H18N4O2. The number of anilines is 1. The molecule has 0 spiro atoms. The number of rotatable bonds is 2. The van der Waals surface area contributed by atoms with Crippen LogP contribution in [0.25, 0.3) is 10.9 Å². The highest BCUT2D eigenvalue weighted by molar-refractivity contribution is 5.90. The number of benzene rings is 2. The lowest BCUT2D eigenvalue weighted by molar-refractivity contribution is -0.0135. The monoisotopic (exact) mass is 358 g/mol. The molecule has 1 aliphatic rings. The maximum Gasteiger partial charge on any atom is 0.323 e. The van der Waals surface area contributed by atoms with Gasteiger partial charge in [0.25, 0.3) is 0 Å². The van der Waals surface area contributed by atoms with E-state index in [1.165, 1.54) is 0 Å². The molecule has 0 saturated carbocycles. The quantitative estimate of drug-likeness (QED) is 0.757. The zero-order valence-corrected chi connectivity index (χ0v) is 14.6. The number of aromatic nitrogens is 1. The molecule has 1 saturated heterocycles. The first kappa shape index (κ1) is 17.0. The molecular weight excluding hydrogens is 340 g/mol. The third kappa shape index (κ3) is 3.73. The van der Waals surface area contributed by atoms with Crippen LogP contribution < -0.4 is 5.32 Å². The summed E-state index contributed by atoms with van der Waals surface area (Å²) in [5.74, 6) is 0.528. The Morgan fingerprint density at radius 2 is 1.96 bits per heavy atom. The highest BCUT2D eigenvalue weighted by Gasteiger charge is 2.25. The molecule has 1 atom stereocenters.